The second-order valence-corrected chi connectivity index (χ2v) is 7.64. The van der Waals surface area contributed by atoms with E-state index in [0.29, 0.717) is 28.0 Å². The van der Waals surface area contributed by atoms with Crippen LogP contribution in [0, 0.1) is 0 Å². The standard InChI is InChI=1S/C17H18N4O4S2/c1-4-7-26-17-20-19-16(27-17)18-15(22)11-9-13(25-21-11)10-5-6-12(23-2)14(8-10)24-3/h5-6,8-9H,4,7H2,1-3H3,(H,18,19,22). The van der Waals surface area contributed by atoms with E-state index in [-0.39, 0.29) is 5.69 Å². The smallest absolute Gasteiger partial charge is 0.279 e. The van der Waals surface area contributed by atoms with Crippen LogP contribution in [0.25, 0.3) is 11.3 Å². The van der Waals surface area contributed by atoms with Gasteiger partial charge in [0.15, 0.2) is 27.3 Å². The molecule has 0 bridgehead atoms. The third-order valence-electron chi connectivity index (χ3n) is 3.47. The van der Waals surface area contributed by atoms with Crippen LogP contribution >= 0.6 is 23.1 Å². The van der Waals surface area contributed by atoms with Crippen LogP contribution in [0.3, 0.4) is 0 Å². The van der Waals surface area contributed by atoms with Crippen molar-refractivity contribution in [1.29, 1.82) is 0 Å². The molecule has 1 amide bonds. The quantitative estimate of drug-likeness (QED) is 0.443. The van der Waals surface area contributed by atoms with Crippen LogP contribution < -0.4 is 14.8 Å². The van der Waals surface area contributed by atoms with Crippen molar-refractivity contribution in [2.24, 2.45) is 0 Å². The minimum absolute atomic E-state index is 0.151. The van der Waals surface area contributed by atoms with Gasteiger partial charge in [0.2, 0.25) is 5.13 Å². The number of benzene rings is 1. The molecule has 8 nitrogen and oxygen atoms in total. The molecular formula is C17H18N4O4S2. The van der Waals surface area contributed by atoms with Crippen molar-refractivity contribution in [3.63, 3.8) is 0 Å². The van der Waals surface area contributed by atoms with Crippen molar-refractivity contribution in [3.05, 3.63) is 30.0 Å². The van der Waals surface area contributed by atoms with Gasteiger partial charge in [-0.05, 0) is 24.6 Å². The summed E-state index contributed by atoms with van der Waals surface area (Å²) in [6.45, 7) is 2.09. The Morgan fingerprint density at radius 1 is 1.22 bits per heavy atom. The van der Waals surface area contributed by atoms with Gasteiger partial charge in [-0.15, -0.1) is 10.2 Å². The van der Waals surface area contributed by atoms with Gasteiger partial charge in [-0.25, -0.2) is 0 Å². The van der Waals surface area contributed by atoms with Crippen molar-refractivity contribution >= 4 is 34.1 Å². The molecule has 0 spiro atoms. The minimum atomic E-state index is -0.409. The van der Waals surface area contributed by atoms with E-state index in [2.05, 4.69) is 27.6 Å². The Bertz CT molecular complexity index is 925. The monoisotopic (exact) mass is 406 g/mol. The number of hydrogen-bond acceptors (Lipinski definition) is 9. The van der Waals surface area contributed by atoms with Gasteiger partial charge >= 0.3 is 0 Å². The number of nitrogens with zero attached hydrogens (tertiary/aromatic N) is 3. The van der Waals surface area contributed by atoms with Gasteiger partial charge in [-0.2, -0.15) is 0 Å². The van der Waals surface area contributed by atoms with Gasteiger partial charge in [0.1, 0.15) is 0 Å². The van der Waals surface area contributed by atoms with Crippen LogP contribution in [0.5, 0.6) is 11.5 Å². The molecule has 0 atom stereocenters. The average Bonchev–Trinajstić information content (AvgIpc) is 3.35. The highest BCUT2D eigenvalue weighted by Gasteiger charge is 2.17. The van der Waals surface area contributed by atoms with Crippen molar-refractivity contribution in [2.45, 2.75) is 17.7 Å². The molecule has 0 unspecified atom stereocenters. The summed E-state index contributed by atoms with van der Waals surface area (Å²) in [6, 6.07) is 6.87. The molecule has 1 N–H and O–H groups in total. The summed E-state index contributed by atoms with van der Waals surface area (Å²) in [5, 5.41) is 15.0. The maximum atomic E-state index is 12.4. The Hall–Kier alpha value is -2.59. The first-order valence-electron chi connectivity index (χ1n) is 8.11. The molecule has 3 aromatic rings. The molecule has 27 heavy (non-hydrogen) atoms. The number of carbonyl (C=O) groups is 1. The van der Waals surface area contributed by atoms with Crippen LogP contribution in [0.2, 0.25) is 0 Å². The third kappa shape index (κ3) is 4.58. The van der Waals surface area contributed by atoms with Crippen molar-refractivity contribution in [2.75, 3.05) is 25.3 Å². The number of ether oxygens (including phenoxy) is 2. The lowest BCUT2D eigenvalue weighted by atomic mass is 10.1. The Morgan fingerprint density at radius 2 is 2.04 bits per heavy atom. The molecule has 1 aromatic carbocycles. The highest BCUT2D eigenvalue weighted by atomic mass is 32.2. The number of rotatable bonds is 8. The molecule has 0 aliphatic rings. The minimum Gasteiger partial charge on any atom is -0.493 e. The van der Waals surface area contributed by atoms with E-state index in [9.17, 15) is 4.79 Å². The molecule has 142 valence electrons. The number of anilines is 1. The highest BCUT2D eigenvalue weighted by molar-refractivity contribution is 8.01. The highest BCUT2D eigenvalue weighted by Crippen LogP contribution is 2.32. The van der Waals surface area contributed by atoms with Gasteiger partial charge in [0.25, 0.3) is 5.91 Å². The molecule has 0 saturated carbocycles. The third-order valence-corrected chi connectivity index (χ3v) is 5.65. The first-order chi connectivity index (χ1) is 13.1. The van der Waals surface area contributed by atoms with Gasteiger partial charge in [0, 0.05) is 17.4 Å². The van der Waals surface area contributed by atoms with Crippen molar-refractivity contribution in [1.82, 2.24) is 15.4 Å². The lowest BCUT2D eigenvalue weighted by Crippen LogP contribution is -2.11. The topological polar surface area (TPSA) is 99.4 Å². The van der Waals surface area contributed by atoms with E-state index >= 15 is 0 Å². The molecule has 10 heteroatoms. The Kier molecular flexibility index (Phi) is 6.30. The molecule has 0 radical (unpaired) electrons. The summed E-state index contributed by atoms with van der Waals surface area (Å²) in [7, 11) is 3.12. The van der Waals surface area contributed by atoms with E-state index in [1.54, 1.807) is 50.2 Å². The number of amides is 1. The molecule has 0 saturated heterocycles. The van der Waals surface area contributed by atoms with Crippen LogP contribution in [-0.4, -0.2) is 41.2 Å². The second kappa shape index (κ2) is 8.87. The summed E-state index contributed by atoms with van der Waals surface area (Å²) in [4.78, 5) is 12.4. The molecule has 3 rings (SSSR count). The van der Waals surface area contributed by atoms with E-state index in [0.717, 1.165) is 16.5 Å². The summed E-state index contributed by atoms with van der Waals surface area (Å²) in [5.74, 6) is 2.15. The lowest BCUT2D eigenvalue weighted by molar-refractivity contribution is 0.101. The zero-order valence-corrected chi connectivity index (χ0v) is 16.6. The number of aromatic nitrogens is 3. The second-order valence-electron chi connectivity index (χ2n) is 5.32. The molecular weight excluding hydrogens is 388 g/mol. The fraction of sp³-hybridized carbons (Fsp3) is 0.294. The van der Waals surface area contributed by atoms with E-state index in [4.69, 9.17) is 14.0 Å². The fourth-order valence-electron chi connectivity index (χ4n) is 2.18. The number of methoxy groups -OCH3 is 2. The molecule has 0 aliphatic heterocycles. The van der Waals surface area contributed by atoms with Gasteiger partial charge < -0.3 is 14.0 Å². The summed E-state index contributed by atoms with van der Waals surface area (Å²) < 4.78 is 16.6. The maximum Gasteiger partial charge on any atom is 0.279 e. The van der Waals surface area contributed by atoms with E-state index < -0.39 is 5.91 Å². The van der Waals surface area contributed by atoms with Crippen molar-refractivity contribution in [3.8, 4) is 22.8 Å². The number of carbonyl (C=O) groups excluding carboxylic acids is 1. The number of hydrogen-bond donors (Lipinski definition) is 1. The maximum absolute atomic E-state index is 12.4. The number of nitrogens with one attached hydrogen (secondary N) is 1. The largest absolute Gasteiger partial charge is 0.493 e. The van der Waals surface area contributed by atoms with Crippen LogP contribution in [0.4, 0.5) is 5.13 Å². The Labute approximate surface area is 164 Å². The summed E-state index contributed by atoms with van der Waals surface area (Å²) in [5.41, 5.74) is 0.867. The van der Waals surface area contributed by atoms with Crippen LogP contribution in [-0.2, 0) is 0 Å². The SMILES string of the molecule is CCCSc1nnc(NC(=O)c2cc(-c3ccc(OC)c(OC)c3)on2)s1. The zero-order valence-electron chi connectivity index (χ0n) is 15.0. The Balaban J connectivity index is 1.71. The molecule has 0 aliphatic carbocycles. The molecule has 2 aromatic heterocycles. The lowest BCUT2D eigenvalue weighted by Gasteiger charge is -2.07. The normalized spacial score (nSPS) is 10.6. The Morgan fingerprint density at radius 3 is 2.78 bits per heavy atom. The van der Waals surface area contributed by atoms with Crippen molar-refractivity contribution < 1.29 is 18.8 Å². The first kappa shape index (κ1) is 19.2. The summed E-state index contributed by atoms with van der Waals surface area (Å²) in [6.07, 6.45) is 1.05. The van der Waals surface area contributed by atoms with Crippen LogP contribution in [0.15, 0.2) is 33.1 Å². The average molecular weight is 406 g/mol. The molecule has 2 heterocycles. The molecule has 0 fully saturated rings. The number of thioether (sulfide) groups is 1. The fourth-order valence-corrected chi connectivity index (χ4v) is 3.85. The predicted octanol–water partition coefficient (Wildman–Crippen LogP) is 3.96. The van der Waals surface area contributed by atoms with Gasteiger partial charge in [-0.3, -0.25) is 10.1 Å². The summed E-state index contributed by atoms with van der Waals surface area (Å²) >= 11 is 2.94. The first-order valence-corrected chi connectivity index (χ1v) is 9.91. The zero-order chi connectivity index (χ0) is 19.2. The van der Waals surface area contributed by atoms with E-state index in [1.165, 1.54) is 11.3 Å². The predicted molar refractivity (Wildman–Crippen MR) is 104 cm³/mol. The van der Waals surface area contributed by atoms with Gasteiger partial charge in [-0.1, -0.05) is 35.2 Å². The van der Waals surface area contributed by atoms with Gasteiger partial charge in [0.05, 0.1) is 14.2 Å². The van der Waals surface area contributed by atoms with E-state index in [1.807, 2.05) is 0 Å². The van der Waals surface area contributed by atoms with Crippen LogP contribution in [0.1, 0.15) is 23.8 Å².